The number of rotatable bonds is 5. The number of urea groups is 1. The van der Waals surface area contributed by atoms with Crippen LogP contribution in [-0.4, -0.2) is 25.3 Å². The van der Waals surface area contributed by atoms with Crippen LogP contribution in [0.1, 0.15) is 43.2 Å². The highest BCUT2D eigenvalue weighted by Crippen LogP contribution is 2.23. The van der Waals surface area contributed by atoms with Crippen molar-refractivity contribution in [2.45, 2.75) is 51.4 Å². The van der Waals surface area contributed by atoms with Crippen molar-refractivity contribution in [3.05, 3.63) is 29.3 Å². The van der Waals surface area contributed by atoms with E-state index in [9.17, 15) is 4.79 Å². The molecule has 0 saturated carbocycles. The lowest BCUT2D eigenvalue weighted by atomic mass is 10.0. The number of ether oxygens (including phenoxy) is 2. The molecule has 1 aromatic rings. The lowest BCUT2D eigenvalue weighted by Gasteiger charge is -2.22. The number of amides is 2. The van der Waals surface area contributed by atoms with Crippen molar-refractivity contribution < 1.29 is 14.3 Å². The molecule has 1 aromatic carbocycles. The molecule has 0 bridgehead atoms. The first kappa shape index (κ1) is 15.3. The van der Waals surface area contributed by atoms with Gasteiger partial charge in [0.15, 0.2) is 0 Å². The standard InChI is InChI=1S/C17H24N2O3/c20-17(18-8-3-5-16-4-1-2-9-22-16)19-15-7-6-13-11-21-12-14(13)10-15/h6-7,10,16H,1-5,8-9,11-12H2,(H2,18,19,20)/t16-/m1/s1. The fourth-order valence-corrected chi connectivity index (χ4v) is 2.99. The van der Waals surface area contributed by atoms with Crippen LogP contribution in [0.2, 0.25) is 0 Å². The zero-order valence-corrected chi connectivity index (χ0v) is 12.9. The van der Waals surface area contributed by atoms with E-state index >= 15 is 0 Å². The van der Waals surface area contributed by atoms with Crippen molar-refractivity contribution in [2.24, 2.45) is 0 Å². The Kier molecular flexibility index (Phi) is 5.29. The van der Waals surface area contributed by atoms with Crippen molar-refractivity contribution in [2.75, 3.05) is 18.5 Å². The molecule has 0 radical (unpaired) electrons. The molecule has 0 aliphatic carbocycles. The predicted octanol–water partition coefficient (Wildman–Crippen LogP) is 3.19. The summed E-state index contributed by atoms with van der Waals surface area (Å²) < 4.78 is 11.1. The third-order valence-electron chi connectivity index (χ3n) is 4.24. The normalized spacial score (nSPS) is 20.5. The Morgan fingerprint density at radius 2 is 2.14 bits per heavy atom. The van der Waals surface area contributed by atoms with E-state index in [0.29, 0.717) is 25.9 Å². The number of benzene rings is 1. The molecule has 0 unspecified atom stereocenters. The van der Waals surface area contributed by atoms with Crippen LogP contribution in [0.5, 0.6) is 0 Å². The number of anilines is 1. The lowest BCUT2D eigenvalue weighted by molar-refractivity contribution is 0.0103. The number of hydrogen-bond acceptors (Lipinski definition) is 3. The molecule has 0 spiro atoms. The molecule has 0 aromatic heterocycles. The van der Waals surface area contributed by atoms with E-state index in [1.165, 1.54) is 18.4 Å². The molecule has 1 atom stereocenters. The average molecular weight is 304 g/mol. The summed E-state index contributed by atoms with van der Waals surface area (Å²) in [7, 11) is 0. The highest BCUT2D eigenvalue weighted by atomic mass is 16.5. The number of nitrogens with one attached hydrogen (secondary N) is 2. The maximum atomic E-state index is 11.9. The lowest BCUT2D eigenvalue weighted by Crippen LogP contribution is -2.30. The fraction of sp³-hybridized carbons (Fsp3) is 0.588. The molecular weight excluding hydrogens is 280 g/mol. The largest absolute Gasteiger partial charge is 0.378 e. The van der Waals surface area contributed by atoms with E-state index in [2.05, 4.69) is 10.6 Å². The Balaban J connectivity index is 1.35. The molecule has 2 N–H and O–H groups in total. The highest BCUT2D eigenvalue weighted by molar-refractivity contribution is 5.89. The number of carbonyl (C=O) groups excluding carboxylic acids is 1. The van der Waals surface area contributed by atoms with Crippen molar-refractivity contribution in [3.8, 4) is 0 Å². The van der Waals surface area contributed by atoms with Crippen LogP contribution in [0, 0.1) is 0 Å². The van der Waals surface area contributed by atoms with Gasteiger partial charge in [0.25, 0.3) is 0 Å². The van der Waals surface area contributed by atoms with Crippen LogP contribution in [0.25, 0.3) is 0 Å². The molecule has 5 nitrogen and oxygen atoms in total. The summed E-state index contributed by atoms with van der Waals surface area (Å²) in [6.45, 7) is 2.87. The maximum absolute atomic E-state index is 11.9. The average Bonchev–Trinajstić information content (AvgIpc) is 3.00. The molecule has 3 rings (SSSR count). The van der Waals surface area contributed by atoms with Crippen LogP contribution in [0.3, 0.4) is 0 Å². The van der Waals surface area contributed by atoms with Gasteiger partial charge in [0.1, 0.15) is 0 Å². The van der Waals surface area contributed by atoms with E-state index < -0.39 is 0 Å². The zero-order chi connectivity index (χ0) is 15.2. The molecule has 2 aliphatic rings. The molecule has 5 heteroatoms. The predicted molar refractivity (Wildman–Crippen MR) is 84.8 cm³/mol. The molecule has 120 valence electrons. The van der Waals surface area contributed by atoms with Gasteiger partial charge in [-0.05, 0) is 55.4 Å². The molecule has 1 saturated heterocycles. The first-order valence-corrected chi connectivity index (χ1v) is 8.17. The summed E-state index contributed by atoms with van der Waals surface area (Å²) in [6.07, 6.45) is 5.97. The molecular formula is C17H24N2O3. The van der Waals surface area contributed by atoms with Gasteiger partial charge in [-0.25, -0.2) is 4.79 Å². The van der Waals surface area contributed by atoms with Crippen molar-refractivity contribution >= 4 is 11.7 Å². The molecule has 1 fully saturated rings. The second-order valence-electron chi connectivity index (χ2n) is 5.99. The Hall–Kier alpha value is -1.59. The van der Waals surface area contributed by atoms with E-state index in [4.69, 9.17) is 9.47 Å². The molecule has 2 amide bonds. The van der Waals surface area contributed by atoms with E-state index in [0.717, 1.165) is 37.1 Å². The second-order valence-corrected chi connectivity index (χ2v) is 5.99. The monoisotopic (exact) mass is 304 g/mol. The van der Waals surface area contributed by atoms with Crippen LogP contribution >= 0.6 is 0 Å². The summed E-state index contributed by atoms with van der Waals surface area (Å²) in [5.74, 6) is 0. The number of carbonyl (C=O) groups is 1. The minimum Gasteiger partial charge on any atom is -0.378 e. The fourth-order valence-electron chi connectivity index (χ4n) is 2.99. The first-order valence-electron chi connectivity index (χ1n) is 8.17. The Labute approximate surface area is 131 Å². The van der Waals surface area contributed by atoms with Gasteiger partial charge in [-0.15, -0.1) is 0 Å². The van der Waals surface area contributed by atoms with Crippen LogP contribution in [-0.2, 0) is 22.7 Å². The molecule has 2 aliphatic heterocycles. The first-order chi connectivity index (χ1) is 10.8. The van der Waals surface area contributed by atoms with Gasteiger partial charge in [-0.1, -0.05) is 6.07 Å². The third kappa shape index (κ3) is 4.21. The van der Waals surface area contributed by atoms with Crippen LogP contribution < -0.4 is 10.6 Å². The van der Waals surface area contributed by atoms with Gasteiger partial charge in [-0.3, -0.25) is 0 Å². The zero-order valence-electron chi connectivity index (χ0n) is 12.9. The quantitative estimate of drug-likeness (QED) is 0.821. The summed E-state index contributed by atoms with van der Waals surface area (Å²) in [5, 5.41) is 5.77. The van der Waals surface area contributed by atoms with E-state index in [1.54, 1.807) is 0 Å². The van der Waals surface area contributed by atoms with Crippen LogP contribution in [0.15, 0.2) is 18.2 Å². The van der Waals surface area contributed by atoms with Gasteiger partial charge < -0.3 is 20.1 Å². The van der Waals surface area contributed by atoms with Gasteiger partial charge in [-0.2, -0.15) is 0 Å². The maximum Gasteiger partial charge on any atom is 0.319 e. The SMILES string of the molecule is O=C(NCCC[C@H]1CCCCO1)Nc1ccc2c(c1)COC2. The Morgan fingerprint density at radius 3 is 3.00 bits per heavy atom. The summed E-state index contributed by atoms with van der Waals surface area (Å²) in [4.78, 5) is 11.9. The van der Waals surface area contributed by atoms with Gasteiger partial charge in [0.2, 0.25) is 0 Å². The molecule has 22 heavy (non-hydrogen) atoms. The number of fused-ring (bicyclic) bond motifs is 1. The van der Waals surface area contributed by atoms with Gasteiger partial charge in [0, 0.05) is 18.8 Å². The smallest absolute Gasteiger partial charge is 0.319 e. The van der Waals surface area contributed by atoms with Crippen molar-refractivity contribution in [3.63, 3.8) is 0 Å². The van der Waals surface area contributed by atoms with Gasteiger partial charge in [0.05, 0.1) is 19.3 Å². The topological polar surface area (TPSA) is 59.6 Å². The number of hydrogen-bond donors (Lipinski definition) is 2. The minimum absolute atomic E-state index is 0.150. The summed E-state index contributed by atoms with van der Waals surface area (Å²) in [6, 6.07) is 5.77. The van der Waals surface area contributed by atoms with Crippen LogP contribution in [0.4, 0.5) is 10.5 Å². The van der Waals surface area contributed by atoms with Crippen molar-refractivity contribution in [1.82, 2.24) is 5.32 Å². The Morgan fingerprint density at radius 1 is 1.23 bits per heavy atom. The summed E-state index contributed by atoms with van der Waals surface area (Å²) in [5.41, 5.74) is 3.18. The highest BCUT2D eigenvalue weighted by Gasteiger charge is 2.14. The molecule has 2 heterocycles. The van der Waals surface area contributed by atoms with Crippen molar-refractivity contribution in [1.29, 1.82) is 0 Å². The minimum atomic E-state index is -0.150. The van der Waals surface area contributed by atoms with Gasteiger partial charge >= 0.3 is 6.03 Å². The second kappa shape index (κ2) is 7.61. The van der Waals surface area contributed by atoms with E-state index in [-0.39, 0.29) is 6.03 Å². The summed E-state index contributed by atoms with van der Waals surface area (Å²) >= 11 is 0. The van der Waals surface area contributed by atoms with E-state index in [1.807, 2.05) is 18.2 Å². The Bertz CT molecular complexity index is 513. The third-order valence-corrected chi connectivity index (χ3v) is 4.24.